The molecule has 0 saturated heterocycles. The van der Waals surface area contributed by atoms with E-state index in [2.05, 4.69) is 10.3 Å². The van der Waals surface area contributed by atoms with Crippen LogP contribution in [0.2, 0.25) is 0 Å². The minimum absolute atomic E-state index is 0.175. The number of benzene rings is 1. The number of nitrogens with one attached hydrogen (secondary N) is 1. The molecular formula is C17H19F3N2O2S. The van der Waals surface area contributed by atoms with Crippen molar-refractivity contribution < 1.29 is 23.1 Å². The highest BCUT2D eigenvalue weighted by Crippen LogP contribution is 2.34. The number of aryl methyl sites for hydroxylation is 1. The van der Waals surface area contributed by atoms with Gasteiger partial charge in [-0.2, -0.15) is 13.2 Å². The van der Waals surface area contributed by atoms with Crippen LogP contribution >= 0.6 is 11.3 Å². The second-order valence-corrected chi connectivity index (χ2v) is 6.96. The van der Waals surface area contributed by atoms with Crippen LogP contribution in [-0.4, -0.2) is 22.5 Å². The lowest BCUT2D eigenvalue weighted by Gasteiger charge is -2.17. The average Bonchev–Trinajstić information content (AvgIpc) is 2.93. The lowest BCUT2D eigenvalue weighted by molar-refractivity contribution is -0.139. The first-order valence-electron chi connectivity index (χ1n) is 7.71. The van der Waals surface area contributed by atoms with Crippen molar-refractivity contribution in [2.24, 2.45) is 0 Å². The lowest BCUT2D eigenvalue weighted by Crippen LogP contribution is -2.29. The molecule has 0 bridgehead atoms. The summed E-state index contributed by atoms with van der Waals surface area (Å²) in [6.07, 6.45) is -6.03. The van der Waals surface area contributed by atoms with Crippen LogP contribution in [0.4, 0.5) is 13.2 Å². The van der Waals surface area contributed by atoms with Gasteiger partial charge in [-0.1, -0.05) is 32.0 Å². The molecule has 4 nitrogen and oxygen atoms in total. The Kier molecular flexibility index (Phi) is 5.84. The van der Waals surface area contributed by atoms with Crippen molar-refractivity contribution in [2.75, 3.05) is 6.54 Å². The van der Waals surface area contributed by atoms with Crippen molar-refractivity contribution >= 4 is 17.2 Å². The molecule has 1 amide bonds. The third kappa shape index (κ3) is 4.58. The molecule has 2 rings (SSSR count). The van der Waals surface area contributed by atoms with E-state index in [1.54, 1.807) is 6.92 Å². The maximum absolute atomic E-state index is 13.0. The molecule has 0 unspecified atom stereocenters. The average molecular weight is 372 g/mol. The Morgan fingerprint density at radius 2 is 1.96 bits per heavy atom. The Morgan fingerprint density at radius 1 is 1.32 bits per heavy atom. The molecule has 0 aliphatic carbocycles. The fourth-order valence-corrected chi connectivity index (χ4v) is 3.29. The summed E-state index contributed by atoms with van der Waals surface area (Å²) < 4.78 is 39.0. The van der Waals surface area contributed by atoms with Gasteiger partial charge in [-0.15, -0.1) is 11.3 Å². The molecular weight excluding hydrogens is 353 g/mol. The maximum Gasteiger partial charge on any atom is 0.416 e. The number of hydrogen-bond donors (Lipinski definition) is 2. The molecule has 1 aromatic carbocycles. The van der Waals surface area contributed by atoms with Crippen LogP contribution in [0, 0.1) is 6.92 Å². The predicted octanol–water partition coefficient (Wildman–Crippen LogP) is 4.06. The van der Waals surface area contributed by atoms with Gasteiger partial charge in [-0.05, 0) is 18.6 Å². The van der Waals surface area contributed by atoms with E-state index in [1.807, 2.05) is 13.8 Å². The number of amides is 1. The van der Waals surface area contributed by atoms with Crippen LogP contribution in [0.1, 0.15) is 57.4 Å². The van der Waals surface area contributed by atoms with Gasteiger partial charge in [0.1, 0.15) is 4.88 Å². The minimum Gasteiger partial charge on any atom is -0.387 e. The molecule has 0 radical (unpaired) electrons. The van der Waals surface area contributed by atoms with Gasteiger partial charge in [0.25, 0.3) is 5.91 Å². The van der Waals surface area contributed by atoms with Crippen LogP contribution < -0.4 is 5.32 Å². The van der Waals surface area contributed by atoms with Gasteiger partial charge in [0, 0.05) is 12.5 Å². The van der Waals surface area contributed by atoms with Gasteiger partial charge in [-0.3, -0.25) is 4.79 Å². The molecule has 2 aromatic rings. The van der Waals surface area contributed by atoms with E-state index in [0.717, 1.165) is 11.1 Å². The van der Waals surface area contributed by atoms with Gasteiger partial charge in [-0.25, -0.2) is 4.98 Å². The number of thiazole rings is 1. The number of rotatable bonds is 5. The Morgan fingerprint density at radius 3 is 2.52 bits per heavy atom. The summed E-state index contributed by atoms with van der Waals surface area (Å²) in [5.41, 5.74) is -0.608. The van der Waals surface area contributed by atoms with E-state index in [9.17, 15) is 23.1 Å². The second-order valence-electron chi connectivity index (χ2n) is 5.93. The number of nitrogens with zero attached hydrogens (tertiary/aromatic N) is 1. The summed E-state index contributed by atoms with van der Waals surface area (Å²) in [7, 11) is 0. The van der Waals surface area contributed by atoms with Gasteiger partial charge >= 0.3 is 6.18 Å². The Balaban J connectivity index is 2.10. The quantitative estimate of drug-likeness (QED) is 0.832. The molecule has 0 aliphatic rings. The molecule has 136 valence electrons. The monoisotopic (exact) mass is 372 g/mol. The van der Waals surface area contributed by atoms with Crippen LogP contribution in [-0.2, 0) is 6.18 Å². The summed E-state index contributed by atoms with van der Waals surface area (Å²) in [6, 6.07) is 4.78. The minimum atomic E-state index is -4.57. The van der Waals surface area contributed by atoms with Gasteiger partial charge in [0.2, 0.25) is 0 Å². The standard InChI is InChI=1S/C17H19F3N2O2S/c1-9(2)16-22-10(3)14(25-16)15(24)21-8-13(23)11-6-4-5-7-12(11)17(18,19)20/h4-7,9,13,23H,8H2,1-3H3,(H,21,24)/t13-/m1/s1. The molecule has 2 N–H and O–H groups in total. The number of aromatic nitrogens is 1. The van der Waals surface area contributed by atoms with Crippen LogP contribution in [0.25, 0.3) is 0 Å². The highest BCUT2D eigenvalue weighted by atomic mass is 32.1. The summed E-state index contributed by atoms with van der Waals surface area (Å²) in [4.78, 5) is 17.0. The van der Waals surface area contributed by atoms with E-state index < -0.39 is 23.8 Å². The Labute approximate surface area is 147 Å². The zero-order chi connectivity index (χ0) is 18.8. The first-order valence-corrected chi connectivity index (χ1v) is 8.52. The third-order valence-corrected chi connectivity index (χ3v) is 5.05. The molecule has 8 heteroatoms. The molecule has 1 atom stereocenters. The Bertz CT molecular complexity index is 757. The number of aliphatic hydroxyl groups is 1. The van der Waals surface area contributed by atoms with Crippen molar-refractivity contribution in [3.05, 3.63) is 51.0 Å². The van der Waals surface area contributed by atoms with Gasteiger partial charge in [0.15, 0.2) is 0 Å². The lowest BCUT2D eigenvalue weighted by atomic mass is 10.0. The number of aliphatic hydroxyl groups excluding tert-OH is 1. The van der Waals surface area contributed by atoms with Crippen LogP contribution in [0.15, 0.2) is 24.3 Å². The normalized spacial score (nSPS) is 13.1. The van der Waals surface area contributed by atoms with Crippen molar-refractivity contribution in [3.63, 3.8) is 0 Å². The van der Waals surface area contributed by atoms with Crippen molar-refractivity contribution in [3.8, 4) is 0 Å². The van der Waals surface area contributed by atoms with Crippen molar-refractivity contribution in [1.29, 1.82) is 0 Å². The summed E-state index contributed by atoms with van der Waals surface area (Å²) in [6.45, 7) is 5.29. The molecule has 0 spiro atoms. The smallest absolute Gasteiger partial charge is 0.387 e. The second kappa shape index (κ2) is 7.53. The number of halogens is 3. The van der Waals surface area contributed by atoms with Crippen LogP contribution in [0.3, 0.4) is 0 Å². The van der Waals surface area contributed by atoms with Crippen molar-refractivity contribution in [2.45, 2.75) is 39.0 Å². The molecule has 25 heavy (non-hydrogen) atoms. The van der Waals surface area contributed by atoms with Gasteiger partial charge < -0.3 is 10.4 Å². The fourth-order valence-electron chi connectivity index (χ4n) is 2.30. The predicted molar refractivity (Wildman–Crippen MR) is 89.7 cm³/mol. The SMILES string of the molecule is Cc1nc(C(C)C)sc1C(=O)NC[C@@H](O)c1ccccc1C(F)(F)F. The van der Waals surface area contributed by atoms with Crippen LogP contribution in [0.5, 0.6) is 0 Å². The first-order chi connectivity index (χ1) is 11.6. The topological polar surface area (TPSA) is 62.2 Å². The summed E-state index contributed by atoms with van der Waals surface area (Å²) in [5, 5.41) is 13.4. The molecule has 0 fully saturated rings. The van der Waals surface area contributed by atoms with E-state index >= 15 is 0 Å². The highest BCUT2D eigenvalue weighted by molar-refractivity contribution is 7.13. The number of carbonyl (C=O) groups is 1. The number of carbonyl (C=O) groups excluding carboxylic acids is 1. The number of hydrogen-bond acceptors (Lipinski definition) is 4. The first kappa shape index (κ1) is 19.4. The van der Waals surface area contributed by atoms with E-state index in [0.29, 0.717) is 10.6 Å². The zero-order valence-corrected chi connectivity index (χ0v) is 14.8. The maximum atomic E-state index is 13.0. The molecule has 1 aromatic heterocycles. The highest BCUT2D eigenvalue weighted by Gasteiger charge is 2.34. The zero-order valence-electron chi connectivity index (χ0n) is 14.0. The summed E-state index contributed by atoms with van der Waals surface area (Å²) >= 11 is 1.25. The largest absolute Gasteiger partial charge is 0.416 e. The van der Waals surface area contributed by atoms with Crippen molar-refractivity contribution in [1.82, 2.24) is 10.3 Å². The van der Waals surface area contributed by atoms with E-state index in [1.165, 1.54) is 29.5 Å². The Hall–Kier alpha value is -1.93. The summed E-state index contributed by atoms with van der Waals surface area (Å²) in [5.74, 6) is -0.278. The molecule has 0 saturated carbocycles. The van der Waals surface area contributed by atoms with Gasteiger partial charge in [0.05, 0.1) is 22.4 Å². The molecule has 1 heterocycles. The van der Waals surface area contributed by atoms with E-state index in [-0.39, 0.29) is 18.0 Å². The number of alkyl halides is 3. The molecule has 0 aliphatic heterocycles. The fraction of sp³-hybridized carbons (Fsp3) is 0.412. The third-order valence-electron chi connectivity index (χ3n) is 3.59. The van der Waals surface area contributed by atoms with E-state index in [4.69, 9.17) is 0 Å².